The highest BCUT2D eigenvalue weighted by Gasteiger charge is 2.60. The molecule has 8 heteroatoms. The summed E-state index contributed by atoms with van der Waals surface area (Å²) in [6.07, 6.45) is -7.45. The summed E-state index contributed by atoms with van der Waals surface area (Å²) in [6.45, 7) is 3.30. The summed E-state index contributed by atoms with van der Waals surface area (Å²) in [5, 5.41) is 21.5. The summed E-state index contributed by atoms with van der Waals surface area (Å²) in [6, 6.07) is 16.6. The molecule has 0 spiro atoms. The van der Waals surface area contributed by atoms with E-state index in [4.69, 9.17) is 18.9 Å². The van der Waals surface area contributed by atoms with Gasteiger partial charge in [0.05, 0.1) is 11.1 Å². The monoisotopic (exact) mass is 428 g/mol. The third-order valence-electron chi connectivity index (χ3n) is 5.34. The second kappa shape index (κ2) is 8.39. The number of rotatable bonds is 4. The summed E-state index contributed by atoms with van der Waals surface area (Å²) in [7, 11) is 0. The fourth-order valence-electron chi connectivity index (χ4n) is 3.91. The Morgan fingerprint density at radius 3 is 1.45 bits per heavy atom. The van der Waals surface area contributed by atoms with Crippen LogP contribution in [0.1, 0.15) is 34.6 Å². The molecule has 0 radical (unpaired) electrons. The Morgan fingerprint density at radius 2 is 1.10 bits per heavy atom. The predicted octanol–water partition coefficient (Wildman–Crippen LogP) is 1.69. The smallest absolute Gasteiger partial charge is 0.338 e. The lowest BCUT2D eigenvalue weighted by molar-refractivity contribution is -0.193. The van der Waals surface area contributed by atoms with Crippen LogP contribution in [0.5, 0.6) is 0 Å². The first-order valence-electron chi connectivity index (χ1n) is 10.0. The molecule has 0 unspecified atom stereocenters. The summed E-state index contributed by atoms with van der Waals surface area (Å²) in [5.74, 6) is -2.46. The third kappa shape index (κ3) is 4.33. The number of ether oxygens (including phenoxy) is 4. The van der Waals surface area contributed by atoms with Crippen molar-refractivity contribution in [1.82, 2.24) is 0 Å². The van der Waals surface area contributed by atoms with Crippen LogP contribution >= 0.6 is 0 Å². The van der Waals surface area contributed by atoms with E-state index >= 15 is 0 Å². The molecule has 0 amide bonds. The molecule has 2 aromatic carbocycles. The van der Waals surface area contributed by atoms with E-state index in [1.807, 2.05) is 0 Å². The van der Waals surface area contributed by atoms with Crippen LogP contribution in [0.25, 0.3) is 0 Å². The summed E-state index contributed by atoms with van der Waals surface area (Å²) in [4.78, 5) is 25.1. The van der Waals surface area contributed by atoms with E-state index in [9.17, 15) is 19.8 Å². The molecule has 4 rings (SSSR count). The number of aliphatic hydroxyl groups is 2. The van der Waals surface area contributed by atoms with Crippen LogP contribution in [-0.2, 0) is 18.9 Å². The number of esters is 2. The lowest BCUT2D eigenvalue weighted by atomic mass is 9.84. The molecule has 1 heterocycles. The zero-order chi connectivity index (χ0) is 22.2. The van der Waals surface area contributed by atoms with E-state index in [0.717, 1.165) is 0 Å². The van der Waals surface area contributed by atoms with Gasteiger partial charge in [-0.05, 0) is 38.1 Å². The Morgan fingerprint density at radius 1 is 0.742 bits per heavy atom. The fourth-order valence-corrected chi connectivity index (χ4v) is 3.91. The van der Waals surface area contributed by atoms with E-state index in [0.29, 0.717) is 0 Å². The molecule has 2 N–H and O–H groups in total. The number of aliphatic hydroxyl groups excluding tert-OH is 2. The molecule has 2 fully saturated rings. The van der Waals surface area contributed by atoms with Gasteiger partial charge in [0.15, 0.2) is 18.0 Å². The van der Waals surface area contributed by atoms with E-state index in [2.05, 4.69) is 0 Å². The van der Waals surface area contributed by atoms with E-state index in [1.165, 1.54) is 0 Å². The van der Waals surface area contributed by atoms with Gasteiger partial charge in [-0.3, -0.25) is 0 Å². The Labute approximate surface area is 179 Å². The Hall–Kier alpha value is -2.78. The van der Waals surface area contributed by atoms with Crippen LogP contribution < -0.4 is 0 Å². The molecule has 2 aliphatic rings. The van der Waals surface area contributed by atoms with Crippen molar-refractivity contribution in [3.05, 3.63) is 71.8 Å². The largest absolute Gasteiger partial charge is 0.453 e. The Bertz CT molecular complexity index is 854. The molecule has 31 heavy (non-hydrogen) atoms. The standard InChI is InChI=1S/C23H24O8/c1-23(2)30-19-17(28-21(26)13-9-5-3-6-10-13)15(24)16(25)18(20(19)31-23)29-22(27)14-11-7-4-8-12-14/h3-12,15-20,24-25H,1-2H3/t15-,16-,17+,18+,19-,20+/m0/s1. The minimum Gasteiger partial charge on any atom is -0.453 e. The zero-order valence-corrected chi connectivity index (χ0v) is 17.1. The average Bonchev–Trinajstić information content (AvgIpc) is 3.10. The van der Waals surface area contributed by atoms with Crippen LogP contribution in [-0.4, -0.2) is 64.6 Å². The van der Waals surface area contributed by atoms with Gasteiger partial charge in [0.1, 0.15) is 24.4 Å². The SMILES string of the molecule is CC1(C)O[C@@H]2[C@H](O1)[C@H](OC(=O)c1ccccc1)[C@@H](O)[C@H](O)[C@H]2OC(=O)c1ccccc1. The first kappa shape index (κ1) is 21.5. The van der Waals surface area contributed by atoms with Crippen LogP contribution in [0.15, 0.2) is 60.7 Å². The number of benzene rings is 2. The van der Waals surface area contributed by atoms with Gasteiger partial charge in [-0.25, -0.2) is 9.59 Å². The van der Waals surface area contributed by atoms with E-state index < -0.39 is 54.3 Å². The minimum atomic E-state index is -1.56. The van der Waals surface area contributed by atoms with Crippen LogP contribution in [0.2, 0.25) is 0 Å². The van der Waals surface area contributed by atoms with Crippen molar-refractivity contribution < 1.29 is 38.7 Å². The molecule has 6 atom stereocenters. The van der Waals surface area contributed by atoms with Crippen molar-refractivity contribution in [2.24, 2.45) is 0 Å². The van der Waals surface area contributed by atoms with E-state index in [-0.39, 0.29) is 11.1 Å². The molecular formula is C23H24O8. The highest BCUT2D eigenvalue weighted by atomic mass is 16.8. The molecule has 8 nitrogen and oxygen atoms in total. The van der Waals surface area contributed by atoms with Gasteiger partial charge in [0.25, 0.3) is 0 Å². The molecule has 1 aliphatic heterocycles. The maximum absolute atomic E-state index is 12.6. The Kier molecular flexibility index (Phi) is 5.81. The second-order valence-electron chi connectivity index (χ2n) is 8.02. The second-order valence-corrected chi connectivity index (χ2v) is 8.02. The fraction of sp³-hybridized carbons (Fsp3) is 0.391. The van der Waals surface area contributed by atoms with Crippen molar-refractivity contribution in [3.8, 4) is 0 Å². The van der Waals surface area contributed by atoms with Gasteiger partial charge in [0.2, 0.25) is 0 Å². The van der Waals surface area contributed by atoms with Crippen molar-refractivity contribution >= 4 is 11.9 Å². The van der Waals surface area contributed by atoms with Crippen LogP contribution in [0.3, 0.4) is 0 Å². The zero-order valence-electron chi connectivity index (χ0n) is 17.1. The van der Waals surface area contributed by atoms with Crippen molar-refractivity contribution in [3.63, 3.8) is 0 Å². The molecule has 164 valence electrons. The quantitative estimate of drug-likeness (QED) is 0.708. The molecule has 2 aromatic rings. The maximum Gasteiger partial charge on any atom is 0.338 e. The van der Waals surface area contributed by atoms with Gasteiger partial charge < -0.3 is 29.2 Å². The van der Waals surface area contributed by atoms with Gasteiger partial charge in [0, 0.05) is 0 Å². The van der Waals surface area contributed by atoms with Gasteiger partial charge in [-0.15, -0.1) is 0 Å². The van der Waals surface area contributed by atoms with Crippen LogP contribution in [0.4, 0.5) is 0 Å². The number of hydrogen-bond acceptors (Lipinski definition) is 8. The van der Waals surface area contributed by atoms with Gasteiger partial charge >= 0.3 is 11.9 Å². The number of carbonyl (C=O) groups excluding carboxylic acids is 2. The maximum atomic E-state index is 12.6. The molecule has 0 bridgehead atoms. The lowest BCUT2D eigenvalue weighted by Crippen LogP contribution is -2.64. The van der Waals surface area contributed by atoms with Gasteiger partial charge in [-0.1, -0.05) is 36.4 Å². The third-order valence-corrected chi connectivity index (χ3v) is 5.34. The number of fused-ring (bicyclic) bond motifs is 1. The lowest BCUT2D eigenvalue weighted by Gasteiger charge is -2.42. The normalized spacial score (nSPS) is 31.5. The summed E-state index contributed by atoms with van der Waals surface area (Å²) < 4.78 is 22.8. The number of carbonyl (C=O) groups is 2. The molecule has 0 aromatic heterocycles. The first-order chi connectivity index (χ1) is 14.8. The highest BCUT2D eigenvalue weighted by molar-refractivity contribution is 5.90. The molecule has 1 aliphatic carbocycles. The molecular weight excluding hydrogens is 404 g/mol. The topological polar surface area (TPSA) is 112 Å². The summed E-state index contributed by atoms with van der Waals surface area (Å²) >= 11 is 0. The highest BCUT2D eigenvalue weighted by Crippen LogP contribution is 2.40. The van der Waals surface area contributed by atoms with Crippen molar-refractivity contribution in [1.29, 1.82) is 0 Å². The van der Waals surface area contributed by atoms with E-state index in [1.54, 1.807) is 74.5 Å². The van der Waals surface area contributed by atoms with Crippen molar-refractivity contribution in [2.45, 2.75) is 56.3 Å². The minimum absolute atomic E-state index is 0.288. The first-order valence-corrected chi connectivity index (χ1v) is 10.0. The number of hydrogen-bond donors (Lipinski definition) is 2. The van der Waals surface area contributed by atoms with Gasteiger partial charge in [-0.2, -0.15) is 0 Å². The van der Waals surface area contributed by atoms with Crippen LogP contribution in [0, 0.1) is 0 Å². The molecule has 1 saturated carbocycles. The molecule has 1 saturated heterocycles. The van der Waals surface area contributed by atoms with Crippen molar-refractivity contribution in [2.75, 3.05) is 0 Å². The predicted molar refractivity (Wildman–Crippen MR) is 107 cm³/mol. The average molecular weight is 428 g/mol. The Balaban J connectivity index is 1.57. The summed E-state index contributed by atoms with van der Waals surface area (Å²) in [5.41, 5.74) is 0.577.